The summed E-state index contributed by atoms with van der Waals surface area (Å²) in [5.74, 6) is 0.559. The molecule has 0 spiro atoms. The standard InChI is InChI=1S/C29H25F4N3O3S/c30-26(31)18-2-1-3-19(27(32)33)23(18)24-20(25(39-36-24)16-5-6-16)14-38-17-8-10-29(37,11-9-17)28-35-21-7-4-15(13-34)12-22(21)40-28/h1-4,7,12,16-17,26-27,37H,5-6,8-11,14H2/t17-,29+. The van der Waals surface area contributed by atoms with Crippen LogP contribution in [0.4, 0.5) is 17.6 Å². The Balaban J connectivity index is 1.21. The van der Waals surface area contributed by atoms with Gasteiger partial charge in [-0.05, 0) is 56.7 Å². The molecule has 2 saturated carbocycles. The Hall–Kier alpha value is -3.33. The molecule has 0 unspecified atom stereocenters. The molecule has 2 aromatic heterocycles. The van der Waals surface area contributed by atoms with Crippen LogP contribution in [0.2, 0.25) is 0 Å². The summed E-state index contributed by atoms with van der Waals surface area (Å²) in [5, 5.41) is 25.1. The van der Waals surface area contributed by atoms with Crippen LogP contribution in [0, 0.1) is 11.3 Å². The van der Waals surface area contributed by atoms with Gasteiger partial charge in [-0.2, -0.15) is 5.26 Å². The number of alkyl halides is 4. The van der Waals surface area contributed by atoms with E-state index in [0.717, 1.165) is 35.2 Å². The van der Waals surface area contributed by atoms with E-state index in [9.17, 15) is 22.7 Å². The fourth-order valence-corrected chi connectivity index (χ4v) is 6.54. The van der Waals surface area contributed by atoms with E-state index < -0.39 is 29.6 Å². The predicted molar refractivity (Wildman–Crippen MR) is 139 cm³/mol. The van der Waals surface area contributed by atoms with Gasteiger partial charge in [-0.15, -0.1) is 11.3 Å². The predicted octanol–water partition coefficient (Wildman–Crippen LogP) is 7.92. The third kappa shape index (κ3) is 5.00. The number of aromatic nitrogens is 2. The number of ether oxygens (including phenoxy) is 1. The van der Waals surface area contributed by atoms with E-state index in [4.69, 9.17) is 14.5 Å². The van der Waals surface area contributed by atoms with E-state index >= 15 is 0 Å². The van der Waals surface area contributed by atoms with Crippen LogP contribution in [0.5, 0.6) is 0 Å². The molecule has 2 aromatic carbocycles. The molecule has 6 rings (SSSR count). The van der Waals surface area contributed by atoms with Gasteiger partial charge in [0.2, 0.25) is 0 Å². The molecule has 6 nitrogen and oxygen atoms in total. The zero-order valence-electron chi connectivity index (χ0n) is 21.2. The first kappa shape index (κ1) is 26.9. The van der Waals surface area contributed by atoms with Crippen molar-refractivity contribution in [1.29, 1.82) is 5.26 Å². The van der Waals surface area contributed by atoms with Crippen LogP contribution in [-0.4, -0.2) is 21.4 Å². The van der Waals surface area contributed by atoms with Gasteiger partial charge in [0, 0.05) is 28.2 Å². The first-order chi connectivity index (χ1) is 19.3. The Morgan fingerprint density at radius 1 is 1.07 bits per heavy atom. The van der Waals surface area contributed by atoms with E-state index in [2.05, 4.69) is 16.2 Å². The van der Waals surface area contributed by atoms with Gasteiger partial charge in [0.15, 0.2) is 0 Å². The van der Waals surface area contributed by atoms with Gasteiger partial charge in [0.1, 0.15) is 22.1 Å². The third-order valence-electron chi connectivity index (χ3n) is 7.74. The van der Waals surface area contributed by atoms with Crippen LogP contribution in [0.1, 0.15) is 90.3 Å². The van der Waals surface area contributed by atoms with Crippen molar-refractivity contribution >= 4 is 21.6 Å². The fraction of sp³-hybridized carbons (Fsp3) is 0.414. The molecular weight excluding hydrogens is 546 g/mol. The lowest BCUT2D eigenvalue weighted by molar-refractivity contribution is -0.0640. The number of thiazole rings is 1. The number of hydrogen-bond donors (Lipinski definition) is 1. The SMILES string of the molecule is N#Cc1ccc2nc([C@]3(O)CC[C@@H](OCc4c(-c5c(C(F)F)cccc5C(F)F)noc4C4CC4)CC3)sc2c1. The molecule has 1 N–H and O–H groups in total. The van der Waals surface area contributed by atoms with E-state index in [0.29, 0.717) is 47.6 Å². The number of nitriles is 1. The van der Waals surface area contributed by atoms with Crippen LogP contribution in [0.25, 0.3) is 21.5 Å². The van der Waals surface area contributed by atoms with E-state index in [1.807, 2.05) is 0 Å². The second-order valence-corrected chi connectivity index (χ2v) is 11.4. The molecule has 0 aliphatic heterocycles. The minimum Gasteiger partial charge on any atom is -0.383 e. The molecule has 2 heterocycles. The summed E-state index contributed by atoms with van der Waals surface area (Å²) in [6.45, 7) is -0.0217. The first-order valence-electron chi connectivity index (χ1n) is 13.1. The van der Waals surface area contributed by atoms with Crippen LogP contribution in [-0.2, 0) is 16.9 Å². The van der Waals surface area contributed by atoms with Crippen molar-refractivity contribution in [3.05, 3.63) is 69.4 Å². The van der Waals surface area contributed by atoms with Gasteiger partial charge in [0.25, 0.3) is 12.9 Å². The molecule has 4 aromatic rings. The number of fused-ring (bicyclic) bond motifs is 1. The molecule has 208 valence electrons. The van der Waals surface area contributed by atoms with Gasteiger partial charge in [-0.1, -0.05) is 23.4 Å². The summed E-state index contributed by atoms with van der Waals surface area (Å²) in [6, 6.07) is 10.8. The van der Waals surface area contributed by atoms with Crippen molar-refractivity contribution in [2.24, 2.45) is 0 Å². The highest BCUT2D eigenvalue weighted by Crippen LogP contribution is 2.47. The minimum atomic E-state index is -2.96. The van der Waals surface area contributed by atoms with Gasteiger partial charge in [-0.25, -0.2) is 22.5 Å². The lowest BCUT2D eigenvalue weighted by Crippen LogP contribution is -2.34. The summed E-state index contributed by atoms with van der Waals surface area (Å²) in [5.41, 5.74) is -0.793. The quantitative estimate of drug-likeness (QED) is 0.216. The zero-order chi connectivity index (χ0) is 28.0. The lowest BCUT2D eigenvalue weighted by atomic mass is 9.83. The maximum absolute atomic E-state index is 13.9. The van der Waals surface area contributed by atoms with Crippen LogP contribution in [0.3, 0.4) is 0 Å². The Bertz CT molecular complexity index is 1560. The van der Waals surface area contributed by atoms with Gasteiger partial charge >= 0.3 is 0 Å². The van der Waals surface area contributed by atoms with Gasteiger partial charge in [-0.3, -0.25) is 0 Å². The Morgan fingerprint density at radius 3 is 2.40 bits per heavy atom. The highest BCUT2D eigenvalue weighted by atomic mass is 32.1. The molecular formula is C29H25F4N3O3S. The van der Waals surface area contributed by atoms with Crippen molar-refractivity contribution in [1.82, 2.24) is 10.1 Å². The number of hydrogen-bond acceptors (Lipinski definition) is 7. The average Bonchev–Trinajstić information content (AvgIpc) is 3.56. The molecule has 0 saturated heterocycles. The third-order valence-corrected chi connectivity index (χ3v) is 8.95. The highest BCUT2D eigenvalue weighted by Gasteiger charge is 2.39. The van der Waals surface area contributed by atoms with E-state index in [1.54, 1.807) is 18.2 Å². The van der Waals surface area contributed by atoms with Crippen molar-refractivity contribution in [2.45, 2.75) is 75.6 Å². The number of benzene rings is 2. The molecule has 0 bridgehead atoms. The number of nitrogens with zero attached hydrogens (tertiary/aromatic N) is 3. The van der Waals surface area contributed by atoms with Crippen molar-refractivity contribution < 1.29 is 31.9 Å². The molecule has 0 radical (unpaired) electrons. The van der Waals surface area contributed by atoms with Gasteiger partial charge < -0.3 is 14.4 Å². The molecule has 0 amide bonds. The summed E-state index contributed by atoms with van der Waals surface area (Å²) in [7, 11) is 0. The normalized spacial score (nSPS) is 21.4. The van der Waals surface area contributed by atoms with Crippen molar-refractivity contribution in [2.75, 3.05) is 0 Å². The van der Waals surface area contributed by atoms with Crippen molar-refractivity contribution in [3.8, 4) is 17.3 Å². The lowest BCUT2D eigenvalue weighted by Gasteiger charge is -2.34. The van der Waals surface area contributed by atoms with E-state index in [1.165, 1.54) is 17.4 Å². The number of aliphatic hydroxyl groups is 1. The zero-order valence-corrected chi connectivity index (χ0v) is 22.1. The Kier molecular flexibility index (Phi) is 7.10. The fourth-order valence-electron chi connectivity index (χ4n) is 5.39. The van der Waals surface area contributed by atoms with Crippen LogP contribution >= 0.6 is 11.3 Å². The number of halogens is 4. The first-order valence-corrected chi connectivity index (χ1v) is 13.9. The Morgan fingerprint density at radius 2 is 1.77 bits per heavy atom. The summed E-state index contributed by atoms with van der Waals surface area (Å²) in [6.07, 6.45) is -2.65. The molecule has 2 aliphatic rings. The largest absolute Gasteiger partial charge is 0.383 e. The maximum atomic E-state index is 13.9. The average molecular weight is 572 g/mol. The van der Waals surface area contributed by atoms with Crippen LogP contribution < -0.4 is 0 Å². The second kappa shape index (κ2) is 10.6. The van der Waals surface area contributed by atoms with E-state index in [-0.39, 0.29) is 29.9 Å². The molecule has 11 heteroatoms. The minimum absolute atomic E-state index is 0.0216. The maximum Gasteiger partial charge on any atom is 0.264 e. The smallest absolute Gasteiger partial charge is 0.264 e. The molecule has 2 fully saturated rings. The Labute approximate surface area is 231 Å². The van der Waals surface area contributed by atoms with Gasteiger partial charge in [0.05, 0.1) is 34.6 Å². The molecule has 40 heavy (non-hydrogen) atoms. The highest BCUT2D eigenvalue weighted by molar-refractivity contribution is 7.18. The van der Waals surface area contributed by atoms with Crippen LogP contribution in [0.15, 0.2) is 40.9 Å². The molecule has 2 aliphatic carbocycles. The number of rotatable bonds is 8. The monoisotopic (exact) mass is 571 g/mol. The second-order valence-electron chi connectivity index (χ2n) is 10.4. The summed E-state index contributed by atoms with van der Waals surface area (Å²) < 4.78 is 68.1. The van der Waals surface area contributed by atoms with Crippen molar-refractivity contribution in [3.63, 3.8) is 0 Å². The topological polar surface area (TPSA) is 92.2 Å². The summed E-state index contributed by atoms with van der Waals surface area (Å²) >= 11 is 1.37. The molecule has 0 atom stereocenters. The summed E-state index contributed by atoms with van der Waals surface area (Å²) in [4.78, 5) is 4.60.